The van der Waals surface area contributed by atoms with Crippen LogP contribution in [0.5, 0.6) is 0 Å². The molecule has 1 aliphatic rings. The van der Waals surface area contributed by atoms with Gasteiger partial charge in [0, 0.05) is 12.7 Å². The van der Waals surface area contributed by atoms with Crippen molar-refractivity contribution in [1.29, 1.82) is 0 Å². The highest BCUT2D eigenvalue weighted by Crippen LogP contribution is 2.25. The second kappa shape index (κ2) is 5.97. The molecule has 0 N–H and O–H groups in total. The van der Waals surface area contributed by atoms with E-state index in [4.69, 9.17) is 9.47 Å². The van der Waals surface area contributed by atoms with Crippen LogP contribution in [0.4, 0.5) is 0 Å². The minimum Gasteiger partial charge on any atom is -0.456 e. The van der Waals surface area contributed by atoms with Gasteiger partial charge in [-0.05, 0) is 38.3 Å². The molecule has 0 aliphatic heterocycles. The maximum atomic E-state index is 12.0. The molecule has 0 aromatic heterocycles. The van der Waals surface area contributed by atoms with Gasteiger partial charge in [-0.3, -0.25) is 4.79 Å². The van der Waals surface area contributed by atoms with Crippen molar-refractivity contribution in [2.75, 3.05) is 7.11 Å². The molecule has 0 amide bonds. The Morgan fingerprint density at radius 3 is 2.21 bits per heavy atom. The first-order chi connectivity index (χ1) is 9.11. The van der Waals surface area contributed by atoms with Gasteiger partial charge in [0.05, 0.1) is 11.7 Å². The molecule has 4 nitrogen and oxygen atoms in total. The van der Waals surface area contributed by atoms with Crippen molar-refractivity contribution < 1.29 is 19.1 Å². The predicted molar refractivity (Wildman–Crippen MR) is 70.3 cm³/mol. The average molecular weight is 262 g/mol. The highest BCUT2D eigenvalue weighted by atomic mass is 16.6. The number of carbonyl (C=O) groups excluding carboxylic acids is 2. The largest absolute Gasteiger partial charge is 0.456 e. The van der Waals surface area contributed by atoms with Gasteiger partial charge in [-0.2, -0.15) is 0 Å². The average Bonchev–Trinajstić information content (AvgIpc) is 2.86. The van der Waals surface area contributed by atoms with Crippen LogP contribution in [0, 0.1) is 0 Å². The van der Waals surface area contributed by atoms with Crippen LogP contribution in [0.2, 0.25) is 0 Å². The molecule has 19 heavy (non-hydrogen) atoms. The number of esters is 1. The second-order valence-electron chi connectivity index (χ2n) is 4.78. The summed E-state index contributed by atoms with van der Waals surface area (Å²) in [6.07, 6.45) is 2.62. The highest BCUT2D eigenvalue weighted by molar-refractivity contribution is 5.96. The number of hydrogen-bond donors (Lipinski definition) is 0. The maximum absolute atomic E-state index is 12.0. The third-order valence-corrected chi connectivity index (χ3v) is 3.48. The SMILES string of the molecule is CO[C@@H]1CCC[C@@H]1OC(=O)c1ccc(C(C)=O)cc1. The molecule has 1 aliphatic carbocycles. The van der Waals surface area contributed by atoms with Gasteiger partial charge in [-0.15, -0.1) is 0 Å². The van der Waals surface area contributed by atoms with Crippen molar-refractivity contribution in [3.05, 3.63) is 35.4 Å². The third-order valence-electron chi connectivity index (χ3n) is 3.48. The number of benzene rings is 1. The van der Waals surface area contributed by atoms with E-state index < -0.39 is 0 Å². The molecule has 0 radical (unpaired) electrons. The summed E-state index contributed by atoms with van der Waals surface area (Å²) >= 11 is 0. The number of ether oxygens (including phenoxy) is 2. The number of Topliss-reactive ketones (excluding diaryl/α,β-unsaturated/α-hetero) is 1. The monoisotopic (exact) mass is 262 g/mol. The zero-order valence-corrected chi connectivity index (χ0v) is 11.2. The Hall–Kier alpha value is -1.68. The van der Waals surface area contributed by atoms with Crippen LogP contribution < -0.4 is 0 Å². The van der Waals surface area contributed by atoms with Gasteiger partial charge >= 0.3 is 5.97 Å². The van der Waals surface area contributed by atoms with Crippen LogP contribution in [0.25, 0.3) is 0 Å². The highest BCUT2D eigenvalue weighted by Gasteiger charge is 2.30. The van der Waals surface area contributed by atoms with Crippen molar-refractivity contribution in [2.45, 2.75) is 38.4 Å². The van der Waals surface area contributed by atoms with Gasteiger partial charge in [-0.1, -0.05) is 12.1 Å². The minimum atomic E-state index is -0.357. The Bertz CT molecular complexity index is 464. The van der Waals surface area contributed by atoms with Gasteiger partial charge in [0.2, 0.25) is 0 Å². The van der Waals surface area contributed by atoms with E-state index in [-0.39, 0.29) is 24.0 Å². The Morgan fingerprint density at radius 1 is 1.05 bits per heavy atom. The van der Waals surface area contributed by atoms with E-state index >= 15 is 0 Å². The van der Waals surface area contributed by atoms with Gasteiger partial charge in [-0.25, -0.2) is 4.79 Å². The Labute approximate surface area is 112 Å². The van der Waals surface area contributed by atoms with Crippen LogP contribution in [-0.4, -0.2) is 31.1 Å². The van der Waals surface area contributed by atoms with E-state index in [2.05, 4.69) is 0 Å². The van der Waals surface area contributed by atoms with E-state index in [0.717, 1.165) is 19.3 Å². The Balaban J connectivity index is 2.01. The molecular weight excluding hydrogens is 244 g/mol. The van der Waals surface area contributed by atoms with Gasteiger partial charge in [0.1, 0.15) is 6.10 Å². The van der Waals surface area contributed by atoms with Crippen molar-refractivity contribution in [2.24, 2.45) is 0 Å². The molecule has 0 spiro atoms. The number of rotatable bonds is 4. The van der Waals surface area contributed by atoms with E-state index in [9.17, 15) is 9.59 Å². The molecule has 1 aromatic rings. The van der Waals surface area contributed by atoms with Crippen molar-refractivity contribution in [3.63, 3.8) is 0 Å². The van der Waals surface area contributed by atoms with Crippen LogP contribution in [0.1, 0.15) is 46.9 Å². The number of hydrogen-bond acceptors (Lipinski definition) is 4. The summed E-state index contributed by atoms with van der Waals surface area (Å²) in [5, 5.41) is 0. The molecule has 0 saturated heterocycles. The van der Waals surface area contributed by atoms with Gasteiger partial charge in [0.25, 0.3) is 0 Å². The lowest BCUT2D eigenvalue weighted by Gasteiger charge is -2.18. The summed E-state index contributed by atoms with van der Waals surface area (Å²) < 4.78 is 10.7. The topological polar surface area (TPSA) is 52.6 Å². The molecule has 0 heterocycles. The summed E-state index contributed by atoms with van der Waals surface area (Å²) in [5.41, 5.74) is 1.05. The first-order valence-corrected chi connectivity index (χ1v) is 6.46. The summed E-state index contributed by atoms with van der Waals surface area (Å²) in [5.74, 6) is -0.376. The van der Waals surface area contributed by atoms with Crippen LogP contribution in [0.3, 0.4) is 0 Å². The molecule has 0 unspecified atom stereocenters. The summed E-state index contributed by atoms with van der Waals surface area (Å²) in [6.45, 7) is 1.50. The Kier molecular flexibility index (Phi) is 4.32. The summed E-state index contributed by atoms with van der Waals surface area (Å²) in [4.78, 5) is 23.1. The lowest BCUT2D eigenvalue weighted by Crippen LogP contribution is -2.27. The molecule has 4 heteroatoms. The number of methoxy groups -OCH3 is 1. The standard InChI is InChI=1S/C15H18O4/c1-10(16)11-6-8-12(9-7-11)15(17)19-14-5-3-4-13(14)18-2/h6-9,13-14H,3-5H2,1-2H3/t13-,14+/m1/s1. The lowest BCUT2D eigenvalue weighted by atomic mass is 10.1. The molecular formula is C15H18O4. The molecule has 2 atom stereocenters. The fraction of sp³-hybridized carbons (Fsp3) is 0.467. The molecule has 102 valence electrons. The zero-order valence-electron chi connectivity index (χ0n) is 11.2. The summed E-state index contributed by atoms with van der Waals surface area (Å²) in [6, 6.07) is 6.52. The Morgan fingerprint density at radius 2 is 1.63 bits per heavy atom. The summed E-state index contributed by atoms with van der Waals surface area (Å²) in [7, 11) is 1.64. The van der Waals surface area contributed by atoms with Crippen molar-refractivity contribution in [1.82, 2.24) is 0 Å². The lowest BCUT2D eigenvalue weighted by molar-refractivity contribution is -0.0206. The number of carbonyl (C=O) groups is 2. The molecule has 1 fully saturated rings. The number of ketones is 1. The van der Waals surface area contributed by atoms with Gasteiger partial charge in [0.15, 0.2) is 5.78 Å². The first kappa shape index (κ1) is 13.7. The molecule has 0 bridgehead atoms. The molecule has 2 rings (SSSR count). The fourth-order valence-corrected chi connectivity index (χ4v) is 2.34. The van der Waals surface area contributed by atoms with E-state index in [1.807, 2.05) is 0 Å². The van der Waals surface area contributed by atoms with Gasteiger partial charge < -0.3 is 9.47 Å². The minimum absolute atomic E-state index is 0.000410. The third kappa shape index (κ3) is 3.20. The first-order valence-electron chi connectivity index (χ1n) is 6.46. The molecule has 1 saturated carbocycles. The zero-order chi connectivity index (χ0) is 13.8. The smallest absolute Gasteiger partial charge is 0.338 e. The van der Waals surface area contributed by atoms with E-state index in [0.29, 0.717) is 11.1 Å². The normalized spacial score (nSPS) is 22.2. The second-order valence-corrected chi connectivity index (χ2v) is 4.78. The fourth-order valence-electron chi connectivity index (χ4n) is 2.34. The van der Waals surface area contributed by atoms with Crippen LogP contribution >= 0.6 is 0 Å². The van der Waals surface area contributed by atoms with E-state index in [1.165, 1.54) is 6.92 Å². The maximum Gasteiger partial charge on any atom is 0.338 e. The van der Waals surface area contributed by atoms with E-state index in [1.54, 1.807) is 31.4 Å². The molecule has 1 aromatic carbocycles. The van der Waals surface area contributed by atoms with Crippen LogP contribution in [-0.2, 0) is 9.47 Å². The van der Waals surface area contributed by atoms with Crippen molar-refractivity contribution >= 4 is 11.8 Å². The quantitative estimate of drug-likeness (QED) is 0.618. The predicted octanol–water partition coefficient (Wildman–Crippen LogP) is 2.61. The van der Waals surface area contributed by atoms with Crippen LogP contribution in [0.15, 0.2) is 24.3 Å². The van der Waals surface area contributed by atoms with Crippen molar-refractivity contribution in [3.8, 4) is 0 Å².